The molecule has 1 aliphatic heterocycles. The van der Waals surface area contributed by atoms with E-state index in [2.05, 4.69) is 16.2 Å². The van der Waals surface area contributed by atoms with Crippen molar-refractivity contribution in [1.29, 1.82) is 0 Å². The Kier molecular flexibility index (Phi) is 3.22. The molecule has 0 saturated carbocycles. The third-order valence-electron chi connectivity index (χ3n) is 3.55. The van der Waals surface area contributed by atoms with Crippen LogP contribution in [0.4, 0.5) is 0 Å². The minimum Gasteiger partial charge on any atom is -0.381 e. The van der Waals surface area contributed by atoms with Crippen molar-refractivity contribution >= 4 is 5.57 Å². The number of aromatic nitrogens is 2. The van der Waals surface area contributed by atoms with Crippen LogP contribution in [0.1, 0.15) is 56.2 Å². The Morgan fingerprint density at radius 1 is 1.24 bits per heavy atom. The zero-order valence-corrected chi connectivity index (χ0v) is 10.0. The zero-order valence-electron chi connectivity index (χ0n) is 10.0. The first-order chi connectivity index (χ1) is 8.43. The maximum Gasteiger partial charge on any atom is 0.253 e. The van der Waals surface area contributed by atoms with Crippen LogP contribution in [-0.4, -0.2) is 23.4 Å². The van der Waals surface area contributed by atoms with E-state index in [0.29, 0.717) is 5.92 Å². The summed E-state index contributed by atoms with van der Waals surface area (Å²) in [5, 5.41) is 4.10. The molecule has 4 nitrogen and oxygen atoms in total. The molecule has 0 N–H and O–H groups in total. The van der Waals surface area contributed by atoms with Crippen LogP contribution in [0.2, 0.25) is 0 Å². The van der Waals surface area contributed by atoms with Crippen molar-refractivity contribution in [2.24, 2.45) is 0 Å². The van der Waals surface area contributed by atoms with Crippen molar-refractivity contribution in [2.75, 3.05) is 13.2 Å². The summed E-state index contributed by atoms with van der Waals surface area (Å²) in [6.07, 6.45) is 9.30. The lowest BCUT2D eigenvalue weighted by Gasteiger charge is -1.99. The van der Waals surface area contributed by atoms with E-state index < -0.39 is 0 Å². The van der Waals surface area contributed by atoms with E-state index in [9.17, 15) is 0 Å². The van der Waals surface area contributed by atoms with Crippen molar-refractivity contribution in [2.45, 2.75) is 44.4 Å². The van der Waals surface area contributed by atoms with Gasteiger partial charge in [-0.1, -0.05) is 17.7 Å². The highest BCUT2D eigenvalue weighted by Crippen LogP contribution is 2.27. The molecule has 0 radical (unpaired) electrons. The first-order valence-corrected chi connectivity index (χ1v) is 6.54. The van der Waals surface area contributed by atoms with E-state index in [4.69, 9.17) is 9.26 Å². The fourth-order valence-corrected chi connectivity index (χ4v) is 2.48. The summed E-state index contributed by atoms with van der Waals surface area (Å²) < 4.78 is 10.7. The highest BCUT2D eigenvalue weighted by atomic mass is 16.5. The summed E-state index contributed by atoms with van der Waals surface area (Å²) >= 11 is 0. The van der Waals surface area contributed by atoms with Gasteiger partial charge < -0.3 is 9.26 Å². The minimum atomic E-state index is 0.332. The summed E-state index contributed by atoms with van der Waals surface area (Å²) in [4.78, 5) is 4.53. The second-order valence-corrected chi connectivity index (χ2v) is 4.85. The molecule has 1 aromatic rings. The maximum absolute atomic E-state index is 5.39. The van der Waals surface area contributed by atoms with Gasteiger partial charge in [0.2, 0.25) is 0 Å². The molecule has 1 saturated heterocycles. The quantitative estimate of drug-likeness (QED) is 0.789. The molecule has 3 rings (SSSR count). The van der Waals surface area contributed by atoms with Gasteiger partial charge in [0.25, 0.3) is 5.89 Å². The first kappa shape index (κ1) is 11.0. The Bertz CT molecular complexity index is 405. The van der Waals surface area contributed by atoms with Crippen LogP contribution >= 0.6 is 0 Å². The van der Waals surface area contributed by atoms with Crippen LogP contribution in [0.15, 0.2) is 10.6 Å². The molecule has 1 unspecified atom stereocenters. The van der Waals surface area contributed by atoms with Gasteiger partial charge in [0.1, 0.15) is 0 Å². The Balaban J connectivity index is 1.76. The number of nitrogens with zero attached hydrogens (tertiary/aromatic N) is 2. The standard InChI is InChI=1S/C13H18N2O2/c1-2-4-6-10(5-3-1)13-14-12(15-17-13)11-7-8-16-9-11/h5,11H,1-4,6-9H2. The molecule has 1 atom stereocenters. The normalized spacial score (nSPS) is 25.6. The maximum atomic E-state index is 5.39. The summed E-state index contributed by atoms with van der Waals surface area (Å²) in [7, 11) is 0. The predicted molar refractivity (Wildman–Crippen MR) is 63.5 cm³/mol. The monoisotopic (exact) mass is 234 g/mol. The number of ether oxygens (including phenoxy) is 1. The van der Waals surface area contributed by atoms with Gasteiger partial charge in [0.15, 0.2) is 5.82 Å². The Morgan fingerprint density at radius 2 is 2.24 bits per heavy atom. The number of allylic oxidation sites excluding steroid dienone is 2. The topological polar surface area (TPSA) is 48.2 Å². The molecule has 1 aliphatic carbocycles. The van der Waals surface area contributed by atoms with Gasteiger partial charge in [-0.25, -0.2) is 0 Å². The first-order valence-electron chi connectivity index (χ1n) is 6.54. The molecule has 4 heteroatoms. The van der Waals surface area contributed by atoms with E-state index in [1.165, 1.54) is 24.8 Å². The lowest BCUT2D eigenvalue weighted by Crippen LogP contribution is -1.99. The second kappa shape index (κ2) is 5.00. The van der Waals surface area contributed by atoms with Crippen LogP contribution in [0.5, 0.6) is 0 Å². The molecule has 2 aliphatic rings. The third-order valence-corrected chi connectivity index (χ3v) is 3.55. The van der Waals surface area contributed by atoms with Crippen LogP contribution in [0, 0.1) is 0 Å². The lowest BCUT2D eigenvalue weighted by atomic mass is 10.1. The summed E-state index contributed by atoms with van der Waals surface area (Å²) in [6, 6.07) is 0. The van der Waals surface area contributed by atoms with Crippen LogP contribution in [0.25, 0.3) is 5.57 Å². The van der Waals surface area contributed by atoms with Crippen molar-refractivity contribution in [3.8, 4) is 0 Å². The van der Waals surface area contributed by atoms with E-state index >= 15 is 0 Å². The molecule has 92 valence electrons. The molecule has 2 heterocycles. The number of hydrogen-bond acceptors (Lipinski definition) is 4. The largest absolute Gasteiger partial charge is 0.381 e. The molecular weight excluding hydrogens is 216 g/mol. The lowest BCUT2D eigenvalue weighted by molar-refractivity contribution is 0.192. The molecular formula is C13H18N2O2. The fourth-order valence-electron chi connectivity index (χ4n) is 2.48. The number of hydrogen-bond donors (Lipinski definition) is 0. The van der Waals surface area contributed by atoms with Gasteiger partial charge in [0, 0.05) is 18.1 Å². The highest BCUT2D eigenvalue weighted by molar-refractivity contribution is 5.58. The molecule has 1 fully saturated rings. The van der Waals surface area contributed by atoms with Crippen molar-refractivity contribution in [3.63, 3.8) is 0 Å². The van der Waals surface area contributed by atoms with Crippen molar-refractivity contribution in [1.82, 2.24) is 10.1 Å². The van der Waals surface area contributed by atoms with E-state index in [-0.39, 0.29) is 0 Å². The van der Waals surface area contributed by atoms with Crippen LogP contribution in [0.3, 0.4) is 0 Å². The van der Waals surface area contributed by atoms with Gasteiger partial charge in [-0.3, -0.25) is 0 Å². The number of rotatable bonds is 2. The summed E-state index contributed by atoms with van der Waals surface area (Å²) in [5.41, 5.74) is 1.24. The molecule has 17 heavy (non-hydrogen) atoms. The van der Waals surface area contributed by atoms with Gasteiger partial charge >= 0.3 is 0 Å². The Hall–Kier alpha value is -1.16. The van der Waals surface area contributed by atoms with E-state index in [0.717, 1.165) is 44.2 Å². The van der Waals surface area contributed by atoms with Gasteiger partial charge in [0.05, 0.1) is 6.61 Å². The Morgan fingerprint density at radius 3 is 3.12 bits per heavy atom. The van der Waals surface area contributed by atoms with Crippen LogP contribution in [-0.2, 0) is 4.74 Å². The minimum absolute atomic E-state index is 0.332. The van der Waals surface area contributed by atoms with Crippen molar-refractivity contribution in [3.05, 3.63) is 17.8 Å². The second-order valence-electron chi connectivity index (χ2n) is 4.85. The van der Waals surface area contributed by atoms with E-state index in [1.54, 1.807) is 0 Å². The fraction of sp³-hybridized carbons (Fsp3) is 0.692. The van der Waals surface area contributed by atoms with Gasteiger partial charge in [-0.2, -0.15) is 4.98 Å². The average Bonchev–Trinajstić information content (AvgIpc) is 2.95. The smallest absolute Gasteiger partial charge is 0.253 e. The SMILES string of the molecule is C1=C(c2nc(C3CCOC3)no2)CCCCC1. The molecule has 0 aromatic carbocycles. The average molecular weight is 234 g/mol. The molecule has 0 spiro atoms. The highest BCUT2D eigenvalue weighted by Gasteiger charge is 2.24. The van der Waals surface area contributed by atoms with Crippen LogP contribution < -0.4 is 0 Å². The molecule has 0 amide bonds. The summed E-state index contributed by atoms with van der Waals surface area (Å²) in [5.74, 6) is 1.88. The Labute approximate surface area is 101 Å². The van der Waals surface area contributed by atoms with Gasteiger partial charge in [-0.15, -0.1) is 0 Å². The molecule has 0 bridgehead atoms. The third kappa shape index (κ3) is 2.41. The van der Waals surface area contributed by atoms with Crippen molar-refractivity contribution < 1.29 is 9.26 Å². The van der Waals surface area contributed by atoms with E-state index in [1.807, 2.05) is 0 Å². The summed E-state index contributed by atoms with van der Waals surface area (Å²) in [6.45, 7) is 1.55. The zero-order chi connectivity index (χ0) is 11.5. The molecule has 1 aromatic heterocycles. The van der Waals surface area contributed by atoms with Gasteiger partial charge in [-0.05, 0) is 32.1 Å². The predicted octanol–water partition coefficient (Wildman–Crippen LogP) is 2.92.